The third kappa shape index (κ3) is 2.46. The summed E-state index contributed by atoms with van der Waals surface area (Å²) < 4.78 is 11.3. The van der Waals surface area contributed by atoms with Gasteiger partial charge in [0.25, 0.3) is 0 Å². The van der Waals surface area contributed by atoms with Crippen molar-refractivity contribution in [3.63, 3.8) is 0 Å². The molecule has 0 atom stereocenters. The lowest BCUT2D eigenvalue weighted by atomic mass is 10.0. The second kappa shape index (κ2) is 4.88. The maximum Gasteiger partial charge on any atom is 0.164 e. The van der Waals surface area contributed by atoms with E-state index in [1.54, 1.807) is 0 Å². The first-order valence-corrected chi connectivity index (χ1v) is 6.38. The monoisotopic (exact) mass is 270 g/mol. The van der Waals surface area contributed by atoms with Gasteiger partial charge in [-0.15, -0.1) is 0 Å². The standard InChI is InChI=1S/C12H15BrO2/c1-9-7-10-3-2-5-15-12(10)11(8-9)14-6-4-13/h7-8H,2-6H2,1H3. The van der Waals surface area contributed by atoms with E-state index < -0.39 is 0 Å². The Morgan fingerprint density at radius 1 is 1.47 bits per heavy atom. The van der Waals surface area contributed by atoms with Crippen molar-refractivity contribution in [2.75, 3.05) is 18.5 Å². The van der Waals surface area contributed by atoms with Gasteiger partial charge in [0.15, 0.2) is 11.5 Å². The molecule has 1 aromatic carbocycles. The third-order valence-electron chi connectivity index (χ3n) is 2.45. The van der Waals surface area contributed by atoms with Gasteiger partial charge in [0.2, 0.25) is 0 Å². The molecule has 1 aliphatic heterocycles. The largest absolute Gasteiger partial charge is 0.489 e. The van der Waals surface area contributed by atoms with Crippen LogP contribution in [-0.4, -0.2) is 18.5 Å². The van der Waals surface area contributed by atoms with Crippen LogP contribution in [0.5, 0.6) is 11.5 Å². The number of halogens is 1. The van der Waals surface area contributed by atoms with Gasteiger partial charge in [-0.2, -0.15) is 0 Å². The lowest BCUT2D eigenvalue weighted by molar-refractivity contribution is 0.258. The molecule has 0 saturated heterocycles. The number of benzene rings is 1. The zero-order valence-corrected chi connectivity index (χ0v) is 10.5. The Labute approximate surface area is 98.7 Å². The fourth-order valence-electron chi connectivity index (χ4n) is 1.85. The molecule has 0 aliphatic carbocycles. The summed E-state index contributed by atoms with van der Waals surface area (Å²) in [6, 6.07) is 4.24. The number of hydrogen-bond donors (Lipinski definition) is 0. The summed E-state index contributed by atoms with van der Waals surface area (Å²) in [6.45, 7) is 3.58. The molecule has 0 unspecified atom stereocenters. The molecule has 1 aromatic rings. The smallest absolute Gasteiger partial charge is 0.164 e. The third-order valence-corrected chi connectivity index (χ3v) is 2.77. The van der Waals surface area contributed by atoms with Crippen molar-refractivity contribution in [2.24, 2.45) is 0 Å². The zero-order chi connectivity index (χ0) is 10.7. The normalized spacial score (nSPS) is 14.3. The van der Waals surface area contributed by atoms with E-state index in [4.69, 9.17) is 9.47 Å². The first-order chi connectivity index (χ1) is 7.31. The molecule has 2 nitrogen and oxygen atoms in total. The Morgan fingerprint density at radius 3 is 3.13 bits per heavy atom. The number of rotatable bonds is 3. The van der Waals surface area contributed by atoms with Gasteiger partial charge in [-0.05, 0) is 37.0 Å². The van der Waals surface area contributed by atoms with Crippen LogP contribution in [0.3, 0.4) is 0 Å². The van der Waals surface area contributed by atoms with E-state index in [0.29, 0.717) is 6.61 Å². The molecule has 0 saturated carbocycles. The lowest BCUT2D eigenvalue weighted by Gasteiger charge is -2.21. The van der Waals surface area contributed by atoms with Crippen LogP contribution in [0.1, 0.15) is 17.5 Å². The zero-order valence-electron chi connectivity index (χ0n) is 8.88. The summed E-state index contributed by atoms with van der Waals surface area (Å²) >= 11 is 3.36. The fraction of sp³-hybridized carbons (Fsp3) is 0.500. The van der Waals surface area contributed by atoms with Crippen LogP contribution in [0.15, 0.2) is 12.1 Å². The molecule has 15 heavy (non-hydrogen) atoms. The fourth-order valence-corrected chi connectivity index (χ4v) is 2.02. The Hall–Kier alpha value is -0.700. The summed E-state index contributed by atoms with van der Waals surface area (Å²) in [4.78, 5) is 0. The maximum absolute atomic E-state index is 5.67. The van der Waals surface area contributed by atoms with E-state index in [2.05, 4.69) is 28.9 Å². The average molecular weight is 271 g/mol. The quantitative estimate of drug-likeness (QED) is 0.786. The molecule has 0 spiro atoms. The minimum absolute atomic E-state index is 0.680. The Morgan fingerprint density at radius 2 is 2.33 bits per heavy atom. The first-order valence-electron chi connectivity index (χ1n) is 5.26. The van der Waals surface area contributed by atoms with E-state index in [1.807, 2.05) is 6.07 Å². The number of aryl methyl sites for hydroxylation is 2. The lowest BCUT2D eigenvalue weighted by Crippen LogP contribution is -2.11. The van der Waals surface area contributed by atoms with Crippen molar-refractivity contribution >= 4 is 15.9 Å². The van der Waals surface area contributed by atoms with E-state index in [1.165, 1.54) is 11.1 Å². The van der Waals surface area contributed by atoms with Crippen molar-refractivity contribution in [1.82, 2.24) is 0 Å². The summed E-state index contributed by atoms with van der Waals surface area (Å²) in [5.74, 6) is 1.84. The predicted octanol–water partition coefficient (Wildman–Crippen LogP) is 3.09. The number of fused-ring (bicyclic) bond motifs is 1. The minimum Gasteiger partial charge on any atom is -0.489 e. The predicted molar refractivity (Wildman–Crippen MR) is 64.3 cm³/mol. The van der Waals surface area contributed by atoms with Crippen molar-refractivity contribution in [1.29, 1.82) is 0 Å². The molecule has 3 heteroatoms. The molecule has 0 aromatic heterocycles. The van der Waals surface area contributed by atoms with Gasteiger partial charge >= 0.3 is 0 Å². The highest BCUT2D eigenvalue weighted by molar-refractivity contribution is 9.09. The van der Waals surface area contributed by atoms with E-state index in [9.17, 15) is 0 Å². The van der Waals surface area contributed by atoms with Gasteiger partial charge in [-0.25, -0.2) is 0 Å². The van der Waals surface area contributed by atoms with Crippen molar-refractivity contribution in [3.8, 4) is 11.5 Å². The first kappa shape index (κ1) is 10.8. The van der Waals surface area contributed by atoms with Crippen LogP contribution in [0.4, 0.5) is 0 Å². The molecule has 2 rings (SSSR count). The van der Waals surface area contributed by atoms with Gasteiger partial charge in [-0.3, -0.25) is 0 Å². The number of hydrogen-bond acceptors (Lipinski definition) is 2. The molecule has 1 heterocycles. The van der Waals surface area contributed by atoms with Gasteiger partial charge in [0, 0.05) is 5.33 Å². The molecule has 1 aliphatic rings. The second-order valence-corrected chi connectivity index (χ2v) is 4.53. The molecule has 0 amide bonds. The van der Waals surface area contributed by atoms with Gasteiger partial charge in [-0.1, -0.05) is 22.0 Å². The van der Waals surface area contributed by atoms with Crippen LogP contribution in [0.25, 0.3) is 0 Å². The Bertz CT molecular complexity index is 350. The van der Waals surface area contributed by atoms with Crippen molar-refractivity contribution in [3.05, 3.63) is 23.3 Å². The minimum atomic E-state index is 0.680. The Kier molecular flexibility index (Phi) is 3.52. The van der Waals surface area contributed by atoms with Crippen LogP contribution < -0.4 is 9.47 Å². The SMILES string of the molecule is Cc1cc2c(c(OCCBr)c1)OCCC2. The topological polar surface area (TPSA) is 18.5 Å². The van der Waals surface area contributed by atoms with Crippen molar-refractivity contribution < 1.29 is 9.47 Å². The summed E-state index contributed by atoms with van der Waals surface area (Å²) in [6.07, 6.45) is 2.20. The van der Waals surface area contributed by atoms with E-state index in [-0.39, 0.29) is 0 Å². The maximum atomic E-state index is 5.67. The highest BCUT2D eigenvalue weighted by Crippen LogP contribution is 2.36. The molecule has 0 radical (unpaired) electrons. The summed E-state index contributed by atoms with van der Waals surface area (Å²) in [7, 11) is 0. The van der Waals surface area contributed by atoms with Gasteiger partial charge in [0.1, 0.15) is 0 Å². The van der Waals surface area contributed by atoms with Crippen LogP contribution in [-0.2, 0) is 6.42 Å². The molecule has 0 fully saturated rings. The highest BCUT2D eigenvalue weighted by atomic mass is 79.9. The van der Waals surface area contributed by atoms with Crippen LogP contribution in [0, 0.1) is 6.92 Å². The Balaban J connectivity index is 2.30. The van der Waals surface area contributed by atoms with Gasteiger partial charge < -0.3 is 9.47 Å². The molecule has 82 valence electrons. The van der Waals surface area contributed by atoms with Crippen molar-refractivity contribution in [2.45, 2.75) is 19.8 Å². The summed E-state index contributed by atoms with van der Waals surface area (Å²) in [5, 5.41) is 0.843. The number of alkyl halides is 1. The number of ether oxygens (including phenoxy) is 2. The van der Waals surface area contributed by atoms with E-state index in [0.717, 1.165) is 36.3 Å². The van der Waals surface area contributed by atoms with Crippen LogP contribution >= 0.6 is 15.9 Å². The molecular weight excluding hydrogens is 256 g/mol. The molecule has 0 bridgehead atoms. The summed E-state index contributed by atoms with van der Waals surface area (Å²) in [5.41, 5.74) is 2.52. The van der Waals surface area contributed by atoms with Crippen LogP contribution in [0.2, 0.25) is 0 Å². The highest BCUT2D eigenvalue weighted by Gasteiger charge is 2.16. The second-order valence-electron chi connectivity index (χ2n) is 3.74. The van der Waals surface area contributed by atoms with E-state index >= 15 is 0 Å². The molecule has 0 N–H and O–H groups in total. The van der Waals surface area contributed by atoms with Gasteiger partial charge in [0.05, 0.1) is 13.2 Å². The molecular formula is C12H15BrO2. The average Bonchev–Trinajstić information content (AvgIpc) is 2.25.